The van der Waals surface area contributed by atoms with Crippen LogP contribution in [0, 0.1) is 0 Å². The number of H-pyrrole nitrogens is 2. The summed E-state index contributed by atoms with van der Waals surface area (Å²) in [6.45, 7) is 2.31. The van der Waals surface area contributed by atoms with E-state index in [1.54, 1.807) is 10.8 Å². The van der Waals surface area contributed by atoms with Crippen LogP contribution in [-0.2, 0) is 6.54 Å². The van der Waals surface area contributed by atoms with Crippen LogP contribution >= 0.6 is 0 Å². The molecule has 1 aliphatic heterocycles. The van der Waals surface area contributed by atoms with Crippen molar-refractivity contribution in [3.8, 4) is 11.4 Å². The first-order chi connectivity index (χ1) is 14.2. The average Bonchev–Trinajstić information content (AvgIpc) is 3.37. The summed E-state index contributed by atoms with van der Waals surface area (Å²) in [5, 5.41) is 7.69. The Bertz CT molecular complexity index is 1260. The highest BCUT2D eigenvalue weighted by Crippen LogP contribution is 2.23. The van der Waals surface area contributed by atoms with E-state index in [1.165, 1.54) is 0 Å². The van der Waals surface area contributed by atoms with Gasteiger partial charge in [0.1, 0.15) is 11.3 Å². The van der Waals surface area contributed by atoms with Crippen molar-refractivity contribution in [1.29, 1.82) is 0 Å². The van der Waals surface area contributed by atoms with Gasteiger partial charge >= 0.3 is 5.69 Å². The van der Waals surface area contributed by atoms with E-state index >= 15 is 0 Å². The average molecular weight is 391 g/mol. The Morgan fingerprint density at radius 1 is 1.07 bits per heavy atom. The van der Waals surface area contributed by atoms with E-state index in [2.05, 4.69) is 25.4 Å². The zero-order chi connectivity index (χ0) is 19.8. The molecule has 0 atom stereocenters. The van der Waals surface area contributed by atoms with Gasteiger partial charge < -0.3 is 10.3 Å². The van der Waals surface area contributed by atoms with Crippen molar-refractivity contribution in [2.45, 2.75) is 25.4 Å². The summed E-state index contributed by atoms with van der Waals surface area (Å²) in [5.41, 5.74) is 1.76. The maximum atomic E-state index is 12.5. The normalized spacial score (nSPS) is 15.2. The smallest absolute Gasteiger partial charge is 0.330 e. The van der Waals surface area contributed by atoms with Crippen molar-refractivity contribution in [3.63, 3.8) is 0 Å². The fourth-order valence-electron chi connectivity index (χ4n) is 3.90. The van der Waals surface area contributed by atoms with Gasteiger partial charge in [0.15, 0.2) is 5.65 Å². The van der Waals surface area contributed by atoms with Crippen LogP contribution in [0.1, 0.15) is 24.4 Å². The van der Waals surface area contributed by atoms with Gasteiger partial charge in [0.25, 0.3) is 5.56 Å². The summed E-state index contributed by atoms with van der Waals surface area (Å²) in [6.07, 6.45) is 5.23. The Labute approximate surface area is 165 Å². The van der Waals surface area contributed by atoms with Crippen LogP contribution in [0.5, 0.6) is 0 Å². The predicted octanol–water partition coefficient (Wildman–Crippen LogP) is 1.25. The molecule has 1 aliphatic rings. The van der Waals surface area contributed by atoms with Crippen molar-refractivity contribution in [2.75, 3.05) is 13.1 Å². The van der Waals surface area contributed by atoms with Gasteiger partial charge in [-0.25, -0.2) is 9.78 Å². The highest BCUT2D eigenvalue weighted by molar-refractivity contribution is 5.75. The van der Waals surface area contributed by atoms with E-state index in [4.69, 9.17) is 0 Å². The number of rotatable bonds is 4. The summed E-state index contributed by atoms with van der Waals surface area (Å²) in [7, 11) is 0. The molecule has 0 aliphatic carbocycles. The molecule has 0 radical (unpaired) electrons. The molecule has 0 amide bonds. The predicted molar refractivity (Wildman–Crippen MR) is 109 cm³/mol. The number of nitrogens with one attached hydrogen (secondary N) is 3. The monoisotopic (exact) mass is 391 g/mol. The lowest BCUT2D eigenvalue weighted by Crippen LogP contribution is -2.38. The van der Waals surface area contributed by atoms with Crippen LogP contribution in [0.3, 0.4) is 0 Å². The SMILES string of the molecule is O=c1[nH]c(=O)n(C2CCNCC2)c2nc(-c3cnn(Cc4ccccc4)c3)[nH]c12. The lowest BCUT2D eigenvalue weighted by Gasteiger charge is -2.24. The van der Waals surface area contributed by atoms with Crippen LogP contribution in [-0.4, -0.2) is 42.4 Å². The summed E-state index contributed by atoms with van der Waals surface area (Å²) < 4.78 is 3.44. The maximum Gasteiger partial charge on any atom is 0.330 e. The number of fused-ring (bicyclic) bond motifs is 1. The van der Waals surface area contributed by atoms with E-state index < -0.39 is 11.2 Å². The summed E-state index contributed by atoms with van der Waals surface area (Å²) in [4.78, 5) is 35.0. The molecular formula is C20H21N7O2. The Hall–Kier alpha value is -3.46. The molecule has 0 bridgehead atoms. The van der Waals surface area contributed by atoms with Gasteiger partial charge in [-0.1, -0.05) is 30.3 Å². The molecule has 1 aromatic carbocycles. The Balaban J connectivity index is 1.54. The lowest BCUT2D eigenvalue weighted by atomic mass is 10.1. The highest BCUT2D eigenvalue weighted by Gasteiger charge is 2.22. The second-order valence-corrected chi connectivity index (χ2v) is 7.31. The number of hydrogen-bond donors (Lipinski definition) is 3. The Kier molecular flexibility index (Phi) is 4.36. The van der Waals surface area contributed by atoms with Gasteiger partial charge in [0, 0.05) is 12.2 Å². The maximum absolute atomic E-state index is 12.5. The molecule has 3 N–H and O–H groups in total. The van der Waals surface area contributed by atoms with Crippen LogP contribution in [0.2, 0.25) is 0 Å². The van der Waals surface area contributed by atoms with E-state index in [0.29, 0.717) is 23.5 Å². The van der Waals surface area contributed by atoms with Crippen molar-refractivity contribution in [2.24, 2.45) is 0 Å². The number of nitrogens with zero attached hydrogens (tertiary/aromatic N) is 4. The molecule has 5 rings (SSSR count). The topological polar surface area (TPSA) is 113 Å². The van der Waals surface area contributed by atoms with Gasteiger partial charge in [-0.05, 0) is 31.5 Å². The molecule has 0 spiro atoms. The molecule has 29 heavy (non-hydrogen) atoms. The minimum absolute atomic E-state index is 0.0139. The van der Waals surface area contributed by atoms with Gasteiger partial charge in [-0.15, -0.1) is 0 Å². The Morgan fingerprint density at radius 2 is 1.86 bits per heavy atom. The molecule has 0 saturated carbocycles. The van der Waals surface area contributed by atoms with Crippen LogP contribution in [0.25, 0.3) is 22.6 Å². The standard InChI is InChI=1S/C20H21N7O2/c28-19-16-18(27(20(29)25-19)15-6-8-21-9-7-15)24-17(23-16)14-10-22-26(12-14)11-13-4-2-1-3-5-13/h1-5,10,12,15,21H,6-9,11H2,(H,23,24)(H,25,28,29). The fraction of sp³-hybridized carbons (Fsp3) is 0.300. The molecule has 1 saturated heterocycles. The minimum Gasteiger partial charge on any atom is -0.332 e. The Morgan fingerprint density at radius 3 is 2.66 bits per heavy atom. The first-order valence-corrected chi connectivity index (χ1v) is 9.71. The molecule has 0 unspecified atom stereocenters. The third kappa shape index (κ3) is 3.29. The molecule has 9 nitrogen and oxygen atoms in total. The van der Waals surface area contributed by atoms with E-state index in [9.17, 15) is 9.59 Å². The third-order valence-corrected chi connectivity index (χ3v) is 5.35. The van der Waals surface area contributed by atoms with Gasteiger partial charge in [0.2, 0.25) is 0 Å². The van der Waals surface area contributed by atoms with E-state index in [0.717, 1.165) is 37.1 Å². The number of piperidine rings is 1. The molecule has 4 aromatic rings. The molecular weight excluding hydrogens is 370 g/mol. The summed E-state index contributed by atoms with van der Waals surface area (Å²) >= 11 is 0. The van der Waals surface area contributed by atoms with Crippen molar-refractivity contribution in [1.82, 2.24) is 34.6 Å². The fourth-order valence-corrected chi connectivity index (χ4v) is 3.90. The molecule has 3 aromatic heterocycles. The largest absolute Gasteiger partial charge is 0.332 e. The van der Waals surface area contributed by atoms with Gasteiger partial charge in [-0.2, -0.15) is 5.10 Å². The highest BCUT2D eigenvalue weighted by atomic mass is 16.2. The van der Waals surface area contributed by atoms with E-state index in [1.807, 2.05) is 41.2 Å². The second kappa shape index (κ2) is 7.17. The molecule has 4 heterocycles. The van der Waals surface area contributed by atoms with Crippen molar-refractivity contribution in [3.05, 3.63) is 69.1 Å². The number of aromatic amines is 2. The number of hydrogen-bond acceptors (Lipinski definition) is 5. The number of aromatic nitrogens is 6. The second-order valence-electron chi connectivity index (χ2n) is 7.31. The van der Waals surface area contributed by atoms with Gasteiger partial charge in [-0.3, -0.25) is 19.0 Å². The lowest BCUT2D eigenvalue weighted by molar-refractivity contribution is 0.364. The van der Waals surface area contributed by atoms with Crippen molar-refractivity contribution < 1.29 is 0 Å². The summed E-state index contributed by atoms with van der Waals surface area (Å²) in [6, 6.07) is 10.1. The summed E-state index contributed by atoms with van der Waals surface area (Å²) in [5.74, 6) is 0.526. The first-order valence-electron chi connectivity index (χ1n) is 9.71. The quantitative estimate of drug-likeness (QED) is 0.485. The van der Waals surface area contributed by atoms with E-state index in [-0.39, 0.29) is 6.04 Å². The first kappa shape index (κ1) is 17.6. The molecule has 1 fully saturated rings. The third-order valence-electron chi connectivity index (χ3n) is 5.35. The zero-order valence-electron chi connectivity index (χ0n) is 15.8. The van der Waals surface area contributed by atoms with Crippen molar-refractivity contribution >= 4 is 11.2 Å². The zero-order valence-corrected chi connectivity index (χ0v) is 15.8. The minimum atomic E-state index is -0.453. The molecule has 9 heteroatoms. The number of imidazole rings is 1. The van der Waals surface area contributed by atoms with Gasteiger partial charge in [0.05, 0.1) is 18.3 Å². The number of benzene rings is 1. The molecule has 148 valence electrons. The van der Waals surface area contributed by atoms with Crippen LogP contribution in [0.4, 0.5) is 0 Å². The van der Waals surface area contributed by atoms with Crippen LogP contribution < -0.4 is 16.6 Å². The van der Waals surface area contributed by atoms with Crippen LogP contribution in [0.15, 0.2) is 52.3 Å².